The van der Waals surface area contributed by atoms with E-state index in [1.807, 2.05) is 23.3 Å². The van der Waals surface area contributed by atoms with E-state index in [0.717, 1.165) is 42.5 Å². The number of para-hydroxylation sites is 1. The van der Waals surface area contributed by atoms with Gasteiger partial charge in [0.15, 0.2) is 11.5 Å². The monoisotopic (exact) mass is 420 g/mol. The van der Waals surface area contributed by atoms with Crippen LogP contribution in [0.2, 0.25) is 0 Å². The molecule has 162 valence electrons. The Kier molecular flexibility index (Phi) is 5.76. The van der Waals surface area contributed by atoms with Crippen LogP contribution in [0.1, 0.15) is 24.8 Å². The Hall–Kier alpha value is -3.06. The van der Waals surface area contributed by atoms with Crippen molar-refractivity contribution in [1.29, 1.82) is 0 Å². The van der Waals surface area contributed by atoms with Crippen molar-refractivity contribution >= 4 is 16.6 Å². The van der Waals surface area contributed by atoms with E-state index in [-0.39, 0.29) is 0 Å². The standard InChI is InChI=1S/C24H28N4O3/c1-29-22-15-19-20(16-23(22)30-14-6-12-27-10-4-5-11-27)25-17-26-24(19)31-28-13-9-18-7-2-3-8-21(18)28/h2-3,7-8,15-17H,4-6,9-14H2,1H3. The second-order valence-corrected chi connectivity index (χ2v) is 8.02. The Balaban J connectivity index is 1.33. The van der Waals surface area contributed by atoms with Gasteiger partial charge in [-0.2, -0.15) is 4.98 Å². The first kappa shape index (κ1) is 19.9. The van der Waals surface area contributed by atoms with E-state index < -0.39 is 0 Å². The number of hydrogen-bond donors (Lipinski definition) is 0. The molecule has 3 heterocycles. The van der Waals surface area contributed by atoms with Gasteiger partial charge in [-0.3, -0.25) is 0 Å². The second-order valence-electron chi connectivity index (χ2n) is 8.02. The number of likely N-dealkylation sites (tertiary alicyclic amines) is 1. The number of rotatable bonds is 8. The number of ether oxygens (including phenoxy) is 2. The quantitative estimate of drug-likeness (QED) is 0.513. The van der Waals surface area contributed by atoms with Crippen LogP contribution >= 0.6 is 0 Å². The van der Waals surface area contributed by atoms with Gasteiger partial charge in [-0.25, -0.2) is 10.0 Å². The molecular formula is C24H28N4O3. The van der Waals surface area contributed by atoms with E-state index in [0.29, 0.717) is 24.0 Å². The van der Waals surface area contributed by atoms with Gasteiger partial charge in [0, 0.05) is 12.6 Å². The van der Waals surface area contributed by atoms with E-state index in [2.05, 4.69) is 33.1 Å². The van der Waals surface area contributed by atoms with Crippen molar-refractivity contribution in [3.63, 3.8) is 0 Å². The molecule has 2 aliphatic heterocycles. The Labute approximate surface area is 182 Å². The van der Waals surface area contributed by atoms with Crippen molar-refractivity contribution in [1.82, 2.24) is 14.9 Å². The zero-order valence-electron chi connectivity index (χ0n) is 17.9. The van der Waals surface area contributed by atoms with Crippen LogP contribution in [0.25, 0.3) is 10.9 Å². The molecule has 31 heavy (non-hydrogen) atoms. The van der Waals surface area contributed by atoms with Crippen LogP contribution < -0.4 is 19.4 Å². The van der Waals surface area contributed by atoms with Crippen molar-refractivity contribution in [3.05, 3.63) is 48.3 Å². The summed E-state index contributed by atoms with van der Waals surface area (Å²) in [6.45, 7) is 4.94. The molecule has 3 aromatic rings. The van der Waals surface area contributed by atoms with Gasteiger partial charge < -0.3 is 19.2 Å². The summed E-state index contributed by atoms with van der Waals surface area (Å²) in [5.74, 6) is 1.88. The fourth-order valence-electron chi connectivity index (χ4n) is 4.37. The van der Waals surface area contributed by atoms with E-state index in [1.165, 1.54) is 37.8 Å². The third-order valence-electron chi connectivity index (χ3n) is 6.00. The molecule has 0 aliphatic carbocycles. The first-order valence-corrected chi connectivity index (χ1v) is 11.0. The topological polar surface area (TPSA) is 60.0 Å². The lowest BCUT2D eigenvalue weighted by Gasteiger charge is -2.20. The molecule has 0 bridgehead atoms. The summed E-state index contributed by atoms with van der Waals surface area (Å²) in [6.07, 6.45) is 6.11. The van der Waals surface area contributed by atoms with Gasteiger partial charge in [0.2, 0.25) is 0 Å². The van der Waals surface area contributed by atoms with Gasteiger partial charge in [0.05, 0.1) is 36.9 Å². The van der Waals surface area contributed by atoms with Crippen molar-refractivity contribution < 1.29 is 14.3 Å². The summed E-state index contributed by atoms with van der Waals surface area (Å²) in [5, 5.41) is 2.69. The fraction of sp³-hybridized carbons (Fsp3) is 0.417. The minimum atomic E-state index is 0.514. The Morgan fingerprint density at radius 2 is 1.87 bits per heavy atom. The number of fused-ring (bicyclic) bond motifs is 2. The maximum absolute atomic E-state index is 6.19. The van der Waals surface area contributed by atoms with Gasteiger partial charge in [-0.15, -0.1) is 0 Å². The first-order valence-electron chi connectivity index (χ1n) is 11.0. The molecule has 0 atom stereocenters. The third-order valence-corrected chi connectivity index (χ3v) is 6.00. The number of nitrogens with zero attached hydrogens (tertiary/aromatic N) is 4. The lowest BCUT2D eigenvalue weighted by Crippen LogP contribution is -2.25. The normalized spacial score (nSPS) is 16.0. The Morgan fingerprint density at radius 3 is 2.74 bits per heavy atom. The Bertz CT molecular complexity index is 1050. The number of aromatic nitrogens is 2. The summed E-state index contributed by atoms with van der Waals surface area (Å²) in [6, 6.07) is 12.1. The summed E-state index contributed by atoms with van der Waals surface area (Å²) in [7, 11) is 1.65. The van der Waals surface area contributed by atoms with Gasteiger partial charge >= 0.3 is 0 Å². The fourth-order valence-corrected chi connectivity index (χ4v) is 4.37. The highest BCUT2D eigenvalue weighted by Gasteiger charge is 2.22. The first-order chi connectivity index (χ1) is 15.3. The van der Waals surface area contributed by atoms with E-state index in [4.69, 9.17) is 14.3 Å². The molecular weight excluding hydrogens is 392 g/mol. The number of benzene rings is 2. The molecule has 1 aromatic heterocycles. The number of hydroxylamine groups is 1. The highest BCUT2D eigenvalue weighted by Crippen LogP contribution is 2.36. The number of anilines is 1. The molecule has 2 aromatic carbocycles. The molecule has 0 amide bonds. The number of hydrogen-bond acceptors (Lipinski definition) is 7. The largest absolute Gasteiger partial charge is 0.493 e. The highest BCUT2D eigenvalue weighted by molar-refractivity contribution is 5.86. The number of methoxy groups -OCH3 is 1. The lowest BCUT2D eigenvalue weighted by atomic mass is 10.2. The van der Waals surface area contributed by atoms with Crippen molar-refractivity contribution in [3.8, 4) is 17.4 Å². The predicted octanol–water partition coefficient (Wildman–Crippen LogP) is 3.86. The van der Waals surface area contributed by atoms with Crippen LogP contribution in [0.3, 0.4) is 0 Å². The summed E-state index contributed by atoms with van der Waals surface area (Å²) in [5.41, 5.74) is 3.13. The van der Waals surface area contributed by atoms with Gasteiger partial charge in [-0.05, 0) is 56.5 Å². The lowest BCUT2D eigenvalue weighted by molar-refractivity contribution is 0.254. The molecule has 1 fully saturated rings. The minimum Gasteiger partial charge on any atom is -0.493 e. The zero-order chi connectivity index (χ0) is 21.0. The van der Waals surface area contributed by atoms with Gasteiger partial charge in [0.25, 0.3) is 5.88 Å². The molecule has 0 radical (unpaired) electrons. The molecule has 7 nitrogen and oxygen atoms in total. The smallest absolute Gasteiger partial charge is 0.257 e. The van der Waals surface area contributed by atoms with Crippen LogP contribution in [0.15, 0.2) is 42.7 Å². The molecule has 0 saturated carbocycles. The van der Waals surface area contributed by atoms with E-state index in [9.17, 15) is 0 Å². The molecule has 7 heteroatoms. The maximum atomic E-state index is 6.19. The predicted molar refractivity (Wildman–Crippen MR) is 120 cm³/mol. The van der Waals surface area contributed by atoms with Crippen molar-refractivity contribution in [2.24, 2.45) is 0 Å². The van der Waals surface area contributed by atoms with Crippen molar-refractivity contribution in [2.75, 3.05) is 45.0 Å². The molecule has 1 saturated heterocycles. The summed E-state index contributed by atoms with van der Waals surface area (Å²) >= 11 is 0. The molecule has 0 N–H and O–H groups in total. The van der Waals surface area contributed by atoms with Gasteiger partial charge in [0.1, 0.15) is 6.33 Å². The highest BCUT2D eigenvalue weighted by atomic mass is 16.7. The molecule has 2 aliphatic rings. The van der Waals surface area contributed by atoms with Gasteiger partial charge in [-0.1, -0.05) is 18.2 Å². The average molecular weight is 421 g/mol. The molecule has 0 spiro atoms. The Morgan fingerprint density at radius 1 is 1.00 bits per heavy atom. The van der Waals surface area contributed by atoms with Crippen LogP contribution in [-0.2, 0) is 6.42 Å². The van der Waals surface area contributed by atoms with E-state index >= 15 is 0 Å². The summed E-state index contributed by atoms with van der Waals surface area (Å²) in [4.78, 5) is 17.5. The van der Waals surface area contributed by atoms with Crippen LogP contribution in [0, 0.1) is 0 Å². The molecule has 5 rings (SSSR count). The zero-order valence-corrected chi connectivity index (χ0v) is 17.9. The minimum absolute atomic E-state index is 0.514. The van der Waals surface area contributed by atoms with Crippen molar-refractivity contribution in [2.45, 2.75) is 25.7 Å². The molecule has 0 unspecified atom stereocenters. The third kappa shape index (κ3) is 4.23. The van der Waals surface area contributed by atoms with Crippen LogP contribution in [0.5, 0.6) is 17.4 Å². The summed E-state index contributed by atoms with van der Waals surface area (Å²) < 4.78 is 11.7. The second kappa shape index (κ2) is 8.98. The SMILES string of the molecule is COc1cc2c(ON3CCc4ccccc43)ncnc2cc1OCCCN1CCCC1. The van der Waals surface area contributed by atoms with Crippen LogP contribution in [-0.4, -0.2) is 54.8 Å². The van der Waals surface area contributed by atoms with Crippen LogP contribution in [0.4, 0.5) is 5.69 Å². The van der Waals surface area contributed by atoms with E-state index in [1.54, 1.807) is 7.11 Å². The average Bonchev–Trinajstić information content (AvgIpc) is 3.47. The maximum Gasteiger partial charge on any atom is 0.257 e.